The van der Waals surface area contributed by atoms with E-state index < -0.39 is 5.97 Å². The quantitative estimate of drug-likeness (QED) is 0.886. The van der Waals surface area contributed by atoms with Crippen LogP contribution in [-0.4, -0.2) is 22.6 Å². The van der Waals surface area contributed by atoms with Crippen molar-refractivity contribution in [2.75, 3.05) is 11.9 Å². The molecule has 0 radical (unpaired) electrons. The lowest BCUT2D eigenvalue weighted by molar-refractivity contribution is 0.0697. The molecule has 0 atom stereocenters. The maximum Gasteiger partial charge on any atom is 0.339 e. The minimum Gasteiger partial charge on any atom is -0.478 e. The first-order chi connectivity index (χ1) is 9.58. The van der Waals surface area contributed by atoms with Gasteiger partial charge in [-0.15, -0.1) is 0 Å². The van der Waals surface area contributed by atoms with Gasteiger partial charge in [0.05, 0.1) is 0 Å². The first-order valence-electron chi connectivity index (χ1n) is 6.25. The number of pyridine rings is 1. The molecule has 0 fully saturated rings. The van der Waals surface area contributed by atoms with Gasteiger partial charge in [0.15, 0.2) is 0 Å². The Morgan fingerprint density at radius 3 is 2.65 bits per heavy atom. The SMILES string of the molecule is Cc1ccnc(NCCc2ccc(Cl)cc2)c1C(=O)O. The summed E-state index contributed by atoms with van der Waals surface area (Å²) in [6.07, 6.45) is 2.37. The van der Waals surface area contributed by atoms with Crippen molar-refractivity contribution < 1.29 is 9.90 Å². The molecule has 2 aromatic rings. The average Bonchev–Trinajstić information content (AvgIpc) is 2.40. The summed E-state index contributed by atoms with van der Waals surface area (Å²) >= 11 is 5.82. The van der Waals surface area contributed by atoms with Gasteiger partial charge in [-0.2, -0.15) is 0 Å². The molecule has 20 heavy (non-hydrogen) atoms. The van der Waals surface area contributed by atoms with Gasteiger partial charge in [0.2, 0.25) is 0 Å². The number of carboxylic acid groups (broad SMARTS) is 1. The molecule has 0 amide bonds. The van der Waals surface area contributed by atoms with Gasteiger partial charge in [-0.05, 0) is 42.7 Å². The Morgan fingerprint density at radius 1 is 1.30 bits per heavy atom. The van der Waals surface area contributed by atoms with Gasteiger partial charge >= 0.3 is 5.97 Å². The number of rotatable bonds is 5. The first-order valence-corrected chi connectivity index (χ1v) is 6.63. The molecule has 104 valence electrons. The van der Waals surface area contributed by atoms with Crippen molar-refractivity contribution in [2.45, 2.75) is 13.3 Å². The maximum absolute atomic E-state index is 11.2. The van der Waals surface area contributed by atoms with Gasteiger partial charge in [0, 0.05) is 17.8 Å². The predicted octanol–water partition coefficient (Wildman–Crippen LogP) is 3.40. The van der Waals surface area contributed by atoms with E-state index in [-0.39, 0.29) is 5.56 Å². The second kappa shape index (κ2) is 6.39. The van der Waals surface area contributed by atoms with Crippen molar-refractivity contribution in [1.82, 2.24) is 4.98 Å². The van der Waals surface area contributed by atoms with Gasteiger partial charge in [-0.1, -0.05) is 23.7 Å². The van der Waals surface area contributed by atoms with E-state index in [0.29, 0.717) is 22.9 Å². The largest absolute Gasteiger partial charge is 0.478 e. The number of nitrogens with one attached hydrogen (secondary N) is 1. The summed E-state index contributed by atoms with van der Waals surface area (Å²) < 4.78 is 0. The maximum atomic E-state index is 11.2. The van der Waals surface area contributed by atoms with Crippen molar-refractivity contribution in [1.29, 1.82) is 0 Å². The predicted molar refractivity (Wildman–Crippen MR) is 79.6 cm³/mol. The van der Waals surface area contributed by atoms with Crippen LogP contribution >= 0.6 is 11.6 Å². The van der Waals surface area contributed by atoms with Crippen LogP contribution in [0.5, 0.6) is 0 Å². The van der Waals surface area contributed by atoms with E-state index in [1.165, 1.54) is 0 Å². The number of benzene rings is 1. The van der Waals surface area contributed by atoms with Crippen LogP contribution in [0.15, 0.2) is 36.5 Å². The molecule has 0 aliphatic rings. The molecule has 0 bridgehead atoms. The molecule has 0 spiro atoms. The minimum absolute atomic E-state index is 0.226. The topological polar surface area (TPSA) is 62.2 Å². The fraction of sp³-hybridized carbons (Fsp3) is 0.200. The summed E-state index contributed by atoms with van der Waals surface area (Å²) in [5, 5.41) is 13.0. The highest BCUT2D eigenvalue weighted by atomic mass is 35.5. The molecular formula is C15H15ClN2O2. The van der Waals surface area contributed by atoms with Crippen LogP contribution in [0.4, 0.5) is 5.82 Å². The summed E-state index contributed by atoms with van der Waals surface area (Å²) in [4.78, 5) is 15.3. The number of hydrogen-bond acceptors (Lipinski definition) is 3. The Kier molecular flexibility index (Phi) is 4.58. The molecule has 1 aromatic carbocycles. The van der Waals surface area contributed by atoms with E-state index in [2.05, 4.69) is 10.3 Å². The molecule has 0 unspecified atom stereocenters. The fourth-order valence-electron chi connectivity index (χ4n) is 1.94. The average molecular weight is 291 g/mol. The number of aromatic nitrogens is 1. The van der Waals surface area contributed by atoms with Crippen LogP contribution in [0.1, 0.15) is 21.5 Å². The second-order valence-electron chi connectivity index (χ2n) is 4.46. The van der Waals surface area contributed by atoms with E-state index in [1.54, 1.807) is 19.2 Å². The lowest BCUT2D eigenvalue weighted by Gasteiger charge is -2.10. The summed E-state index contributed by atoms with van der Waals surface area (Å²) in [5.41, 5.74) is 2.05. The molecule has 0 aliphatic heterocycles. The highest BCUT2D eigenvalue weighted by molar-refractivity contribution is 6.30. The van der Waals surface area contributed by atoms with Crippen molar-refractivity contribution in [3.63, 3.8) is 0 Å². The number of aromatic carboxylic acids is 1. The molecule has 0 saturated carbocycles. The van der Waals surface area contributed by atoms with E-state index in [1.807, 2.05) is 24.3 Å². The normalized spacial score (nSPS) is 10.3. The van der Waals surface area contributed by atoms with Crippen molar-refractivity contribution in [3.05, 3.63) is 58.2 Å². The number of nitrogens with zero attached hydrogens (tertiary/aromatic N) is 1. The molecule has 0 saturated heterocycles. The standard InChI is InChI=1S/C15H15ClN2O2/c1-10-6-8-17-14(13(10)15(19)20)18-9-7-11-2-4-12(16)5-3-11/h2-6,8H,7,9H2,1H3,(H,17,18)(H,19,20). The Morgan fingerprint density at radius 2 is 2.00 bits per heavy atom. The van der Waals surface area contributed by atoms with E-state index in [9.17, 15) is 9.90 Å². The van der Waals surface area contributed by atoms with Crippen molar-refractivity contribution >= 4 is 23.4 Å². The van der Waals surface area contributed by atoms with Gasteiger partial charge in [0.25, 0.3) is 0 Å². The number of hydrogen-bond donors (Lipinski definition) is 2. The minimum atomic E-state index is -0.968. The van der Waals surface area contributed by atoms with Crippen molar-refractivity contribution in [3.8, 4) is 0 Å². The van der Waals surface area contributed by atoms with Crippen LogP contribution in [0.3, 0.4) is 0 Å². The molecule has 1 aromatic heterocycles. The van der Waals surface area contributed by atoms with Crippen molar-refractivity contribution in [2.24, 2.45) is 0 Å². The smallest absolute Gasteiger partial charge is 0.339 e. The molecule has 5 heteroatoms. The Bertz CT molecular complexity index is 612. The number of carboxylic acids is 1. The van der Waals surface area contributed by atoms with Gasteiger partial charge in [0.1, 0.15) is 11.4 Å². The summed E-state index contributed by atoms with van der Waals surface area (Å²) in [7, 11) is 0. The number of aryl methyl sites for hydroxylation is 1. The summed E-state index contributed by atoms with van der Waals surface area (Å²) in [6, 6.07) is 9.26. The number of carbonyl (C=O) groups is 1. The van der Waals surface area contributed by atoms with E-state index >= 15 is 0 Å². The third kappa shape index (κ3) is 3.48. The molecule has 0 aliphatic carbocycles. The molecule has 4 nitrogen and oxygen atoms in total. The van der Waals surface area contributed by atoms with Crippen LogP contribution in [0, 0.1) is 6.92 Å². The number of halogens is 1. The van der Waals surface area contributed by atoms with Gasteiger partial charge in [-0.25, -0.2) is 9.78 Å². The van der Waals surface area contributed by atoms with Crippen LogP contribution < -0.4 is 5.32 Å². The summed E-state index contributed by atoms with van der Waals surface area (Å²) in [6.45, 7) is 2.37. The molecule has 2 rings (SSSR count). The van der Waals surface area contributed by atoms with Crippen LogP contribution in [0.2, 0.25) is 5.02 Å². The first kappa shape index (κ1) is 14.3. The highest BCUT2D eigenvalue weighted by Gasteiger charge is 2.13. The van der Waals surface area contributed by atoms with Crippen LogP contribution in [-0.2, 0) is 6.42 Å². The highest BCUT2D eigenvalue weighted by Crippen LogP contribution is 2.16. The number of anilines is 1. The molecule has 2 N–H and O–H groups in total. The molecule has 1 heterocycles. The third-order valence-electron chi connectivity index (χ3n) is 2.99. The Balaban J connectivity index is 2.02. The van der Waals surface area contributed by atoms with Crippen LogP contribution in [0.25, 0.3) is 0 Å². The monoisotopic (exact) mass is 290 g/mol. The van der Waals surface area contributed by atoms with E-state index in [0.717, 1.165) is 12.0 Å². The zero-order chi connectivity index (χ0) is 14.5. The van der Waals surface area contributed by atoms with Gasteiger partial charge < -0.3 is 10.4 Å². The van der Waals surface area contributed by atoms with Gasteiger partial charge in [-0.3, -0.25) is 0 Å². The fourth-order valence-corrected chi connectivity index (χ4v) is 2.06. The zero-order valence-corrected chi connectivity index (χ0v) is 11.8. The van der Waals surface area contributed by atoms with E-state index in [4.69, 9.17) is 11.6 Å². The Hall–Kier alpha value is -2.07. The lowest BCUT2D eigenvalue weighted by Crippen LogP contribution is -2.12. The Labute approximate surface area is 122 Å². The lowest BCUT2D eigenvalue weighted by atomic mass is 10.1. The molecular weight excluding hydrogens is 276 g/mol. The summed E-state index contributed by atoms with van der Waals surface area (Å²) in [5.74, 6) is -0.559. The third-order valence-corrected chi connectivity index (χ3v) is 3.24. The second-order valence-corrected chi connectivity index (χ2v) is 4.90. The zero-order valence-electron chi connectivity index (χ0n) is 11.1.